The summed E-state index contributed by atoms with van der Waals surface area (Å²) in [4.78, 5) is 19.1. The normalized spacial score (nSPS) is 12.0. The van der Waals surface area contributed by atoms with Crippen LogP contribution in [0.2, 0.25) is 0 Å². The molecule has 0 bridgehead atoms. The Hall–Kier alpha value is -2.70. The predicted octanol–water partition coefficient (Wildman–Crippen LogP) is 3.78. The summed E-state index contributed by atoms with van der Waals surface area (Å²) in [6, 6.07) is 18.1. The van der Waals surface area contributed by atoms with Gasteiger partial charge < -0.3 is 15.0 Å². The van der Waals surface area contributed by atoms with Crippen LogP contribution in [0, 0.1) is 0 Å². The van der Waals surface area contributed by atoms with Crippen LogP contribution in [-0.2, 0) is 11.2 Å². The third kappa shape index (κ3) is 5.18. The summed E-state index contributed by atoms with van der Waals surface area (Å²) < 4.78 is 5.18. The number of hydrogen-bond acceptors (Lipinski definition) is 5. The number of nitrogens with one attached hydrogen (secondary N) is 1. The molecular weight excluding hydrogens is 370 g/mol. The van der Waals surface area contributed by atoms with Gasteiger partial charge in [-0.15, -0.1) is 11.3 Å². The van der Waals surface area contributed by atoms with Gasteiger partial charge in [-0.05, 0) is 43.9 Å². The topological polar surface area (TPSA) is 54.5 Å². The van der Waals surface area contributed by atoms with Crippen molar-refractivity contribution in [3.63, 3.8) is 0 Å². The molecule has 2 aromatic carbocycles. The molecule has 0 fully saturated rings. The molecule has 5 nitrogen and oxygen atoms in total. The van der Waals surface area contributed by atoms with Gasteiger partial charge in [-0.2, -0.15) is 0 Å². The highest BCUT2D eigenvalue weighted by Crippen LogP contribution is 2.26. The number of rotatable bonds is 8. The lowest BCUT2D eigenvalue weighted by atomic mass is 10.1. The number of carbonyl (C=O) groups is 1. The van der Waals surface area contributed by atoms with Gasteiger partial charge in [0.1, 0.15) is 10.8 Å². The molecule has 1 aromatic heterocycles. The van der Waals surface area contributed by atoms with E-state index in [1.54, 1.807) is 18.4 Å². The first-order chi connectivity index (χ1) is 13.6. The van der Waals surface area contributed by atoms with Crippen molar-refractivity contribution < 1.29 is 9.53 Å². The lowest BCUT2D eigenvalue weighted by Crippen LogP contribution is -2.35. The van der Waals surface area contributed by atoms with Crippen molar-refractivity contribution in [2.75, 3.05) is 27.7 Å². The van der Waals surface area contributed by atoms with E-state index in [4.69, 9.17) is 4.74 Å². The Morgan fingerprint density at radius 1 is 1.14 bits per heavy atom. The smallest absolute Gasteiger partial charge is 0.226 e. The van der Waals surface area contributed by atoms with Crippen LogP contribution < -0.4 is 10.1 Å². The Morgan fingerprint density at radius 2 is 1.86 bits per heavy atom. The second-order valence-corrected chi connectivity index (χ2v) is 7.60. The number of methoxy groups -OCH3 is 1. The average molecular weight is 396 g/mol. The number of thiazole rings is 1. The molecular formula is C22H25N3O2S. The zero-order chi connectivity index (χ0) is 19.9. The highest BCUT2D eigenvalue weighted by molar-refractivity contribution is 7.13. The maximum atomic E-state index is 12.4. The largest absolute Gasteiger partial charge is 0.497 e. The van der Waals surface area contributed by atoms with Gasteiger partial charge in [-0.25, -0.2) is 4.98 Å². The molecule has 146 valence electrons. The molecule has 0 saturated heterocycles. The fourth-order valence-electron chi connectivity index (χ4n) is 2.97. The van der Waals surface area contributed by atoms with Crippen molar-refractivity contribution in [1.82, 2.24) is 15.2 Å². The van der Waals surface area contributed by atoms with E-state index >= 15 is 0 Å². The second kappa shape index (κ2) is 9.48. The van der Waals surface area contributed by atoms with Crippen LogP contribution in [0.1, 0.15) is 17.3 Å². The minimum absolute atomic E-state index is 0.0191. The molecule has 6 heteroatoms. The molecule has 0 aliphatic heterocycles. The molecule has 0 spiro atoms. The standard InChI is InChI=1S/C22H25N3O2S/c1-25(2)20(16-7-5-4-6-8-16)14-23-21(26)13-18-15-28-22(24-18)17-9-11-19(27-3)12-10-17/h4-12,15,20H,13-14H2,1-3H3,(H,23,26)/t20-/m0/s1. The number of ether oxygens (including phenoxy) is 1. The van der Waals surface area contributed by atoms with Crippen LogP contribution in [0.15, 0.2) is 60.0 Å². The maximum absolute atomic E-state index is 12.4. The van der Waals surface area contributed by atoms with E-state index in [0.29, 0.717) is 6.54 Å². The fourth-order valence-corrected chi connectivity index (χ4v) is 3.79. The Labute approximate surface area is 170 Å². The summed E-state index contributed by atoms with van der Waals surface area (Å²) in [7, 11) is 5.69. The molecule has 0 saturated carbocycles. The van der Waals surface area contributed by atoms with E-state index in [2.05, 4.69) is 27.3 Å². The number of benzene rings is 2. The van der Waals surface area contributed by atoms with Crippen molar-refractivity contribution in [2.24, 2.45) is 0 Å². The summed E-state index contributed by atoms with van der Waals surface area (Å²) in [6.45, 7) is 0.561. The number of likely N-dealkylation sites (N-methyl/N-ethyl adjacent to an activating group) is 1. The molecule has 28 heavy (non-hydrogen) atoms. The summed E-state index contributed by atoms with van der Waals surface area (Å²) >= 11 is 1.54. The fraction of sp³-hybridized carbons (Fsp3) is 0.273. The maximum Gasteiger partial charge on any atom is 0.226 e. The SMILES string of the molecule is COc1ccc(-c2nc(CC(=O)NC[C@@H](c3ccccc3)N(C)C)cs2)cc1. The zero-order valence-corrected chi connectivity index (χ0v) is 17.2. The van der Waals surface area contributed by atoms with E-state index in [-0.39, 0.29) is 18.4 Å². The van der Waals surface area contributed by atoms with Crippen LogP contribution in [0.4, 0.5) is 0 Å². The molecule has 1 atom stereocenters. The first-order valence-electron chi connectivity index (χ1n) is 9.13. The Morgan fingerprint density at radius 3 is 2.50 bits per heavy atom. The van der Waals surface area contributed by atoms with Crippen LogP contribution in [0.25, 0.3) is 10.6 Å². The molecule has 3 rings (SSSR count). The van der Waals surface area contributed by atoms with E-state index in [1.165, 1.54) is 5.56 Å². The zero-order valence-electron chi connectivity index (χ0n) is 16.4. The van der Waals surface area contributed by atoms with Crippen LogP contribution in [0.3, 0.4) is 0 Å². The Kier molecular flexibility index (Phi) is 6.79. The highest BCUT2D eigenvalue weighted by atomic mass is 32.1. The predicted molar refractivity (Wildman–Crippen MR) is 114 cm³/mol. The lowest BCUT2D eigenvalue weighted by molar-refractivity contribution is -0.120. The molecule has 0 aliphatic rings. The number of nitrogens with zero attached hydrogens (tertiary/aromatic N) is 2. The quantitative estimate of drug-likeness (QED) is 0.631. The third-order valence-electron chi connectivity index (χ3n) is 4.53. The van der Waals surface area contributed by atoms with Crippen molar-refractivity contribution in [3.05, 3.63) is 71.2 Å². The number of carbonyl (C=O) groups excluding carboxylic acids is 1. The van der Waals surface area contributed by atoms with Gasteiger partial charge in [0.15, 0.2) is 0 Å². The first-order valence-corrected chi connectivity index (χ1v) is 10.0. The monoisotopic (exact) mass is 395 g/mol. The molecule has 0 aliphatic carbocycles. The van der Waals surface area contributed by atoms with Crippen LogP contribution in [-0.4, -0.2) is 43.5 Å². The third-order valence-corrected chi connectivity index (χ3v) is 5.47. The summed E-state index contributed by atoms with van der Waals surface area (Å²) in [5.74, 6) is 0.795. The van der Waals surface area contributed by atoms with Crippen molar-refractivity contribution in [2.45, 2.75) is 12.5 Å². The Bertz CT molecular complexity index is 892. The van der Waals surface area contributed by atoms with Gasteiger partial charge in [0.05, 0.1) is 25.3 Å². The van der Waals surface area contributed by atoms with E-state index < -0.39 is 0 Å². The van der Waals surface area contributed by atoms with E-state index in [1.807, 2.05) is 61.9 Å². The minimum atomic E-state index is -0.0191. The second-order valence-electron chi connectivity index (χ2n) is 6.74. The van der Waals surface area contributed by atoms with E-state index in [0.717, 1.165) is 22.0 Å². The number of aromatic nitrogens is 1. The van der Waals surface area contributed by atoms with Crippen molar-refractivity contribution in [1.29, 1.82) is 0 Å². The van der Waals surface area contributed by atoms with Gasteiger partial charge in [-0.1, -0.05) is 30.3 Å². The van der Waals surface area contributed by atoms with E-state index in [9.17, 15) is 4.79 Å². The van der Waals surface area contributed by atoms with Gasteiger partial charge in [0, 0.05) is 17.5 Å². The van der Waals surface area contributed by atoms with Crippen molar-refractivity contribution >= 4 is 17.2 Å². The van der Waals surface area contributed by atoms with Crippen molar-refractivity contribution in [3.8, 4) is 16.3 Å². The highest BCUT2D eigenvalue weighted by Gasteiger charge is 2.16. The van der Waals surface area contributed by atoms with Gasteiger partial charge in [0.25, 0.3) is 0 Å². The van der Waals surface area contributed by atoms with Gasteiger partial charge in [-0.3, -0.25) is 4.79 Å². The summed E-state index contributed by atoms with van der Waals surface area (Å²) in [5.41, 5.74) is 2.99. The summed E-state index contributed by atoms with van der Waals surface area (Å²) in [5, 5.41) is 5.89. The van der Waals surface area contributed by atoms with Gasteiger partial charge in [0.2, 0.25) is 5.91 Å². The Balaban J connectivity index is 1.58. The first kappa shape index (κ1) is 20.0. The molecule has 0 radical (unpaired) electrons. The minimum Gasteiger partial charge on any atom is -0.497 e. The summed E-state index contributed by atoms with van der Waals surface area (Å²) in [6.07, 6.45) is 0.279. The molecule has 1 N–H and O–H groups in total. The molecule has 1 amide bonds. The lowest BCUT2D eigenvalue weighted by Gasteiger charge is -2.25. The molecule has 1 heterocycles. The van der Waals surface area contributed by atoms with Gasteiger partial charge >= 0.3 is 0 Å². The number of hydrogen-bond donors (Lipinski definition) is 1. The number of amides is 1. The average Bonchev–Trinajstić information content (AvgIpc) is 3.17. The van der Waals surface area contributed by atoms with Crippen LogP contribution >= 0.6 is 11.3 Å². The molecule has 3 aromatic rings. The molecule has 0 unspecified atom stereocenters. The van der Waals surface area contributed by atoms with Crippen LogP contribution in [0.5, 0.6) is 5.75 Å².